The summed E-state index contributed by atoms with van der Waals surface area (Å²) in [6.45, 7) is 11.1. The van der Waals surface area contributed by atoms with Crippen LogP contribution in [0.1, 0.15) is 44.9 Å². The first-order valence-electron chi connectivity index (χ1n) is 7.75. The summed E-state index contributed by atoms with van der Waals surface area (Å²) in [5.41, 5.74) is 2.64. The summed E-state index contributed by atoms with van der Waals surface area (Å²) in [5.74, 6) is 0. The van der Waals surface area contributed by atoms with E-state index in [0.29, 0.717) is 0 Å². The molecular weight excluding hydrogens is 305 g/mol. The second kappa shape index (κ2) is 6.66. The zero-order valence-electron chi connectivity index (χ0n) is 14.1. The number of benzene rings is 2. The van der Waals surface area contributed by atoms with Crippen molar-refractivity contribution in [3.63, 3.8) is 0 Å². The Morgan fingerprint density at radius 3 is 2.05 bits per heavy atom. The van der Waals surface area contributed by atoms with E-state index in [2.05, 4.69) is 94.3 Å². The van der Waals surface area contributed by atoms with Crippen molar-refractivity contribution in [2.45, 2.75) is 45.8 Å². The van der Waals surface area contributed by atoms with Gasteiger partial charge in [-0.25, -0.2) is 0 Å². The number of aryl methyl sites for hydroxylation is 1. The van der Waals surface area contributed by atoms with E-state index in [1.165, 1.54) is 16.4 Å². The standard InChI is InChI=1S/C19H26NPS/c1-15-11-9-10-14-18(15)16(2)20-21(22,19(3,4)5)17-12-7-6-8-13-17/h6-14,16H,1-5H3,(H,20,22). The van der Waals surface area contributed by atoms with E-state index in [1.54, 1.807) is 0 Å². The highest BCUT2D eigenvalue weighted by atomic mass is 32.4. The van der Waals surface area contributed by atoms with E-state index >= 15 is 0 Å². The highest BCUT2D eigenvalue weighted by Gasteiger charge is 2.34. The van der Waals surface area contributed by atoms with Crippen LogP contribution in [0.25, 0.3) is 0 Å². The molecule has 0 fully saturated rings. The quantitative estimate of drug-likeness (QED) is 0.776. The third kappa shape index (κ3) is 3.51. The lowest BCUT2D eigenvalue weighted by Crippen LogP contribution is -2.34. The maximum absolute atomic E-state index is 6.23. The summed E-state index contributed by atoms with van der Waals surface area (Å²) in [4.78, 5) is 0. The van der Waals surface area contributed by atoms with Gasteiger partial charge in [0.25, 0.3) is 0 Å². The van der Waals surface area contributed by atoms with Crippen molar-refractivity contribution in [3.05, 3.63) is 65.7 Å². The fraction of sp³-hybridized carbons (Fsp3) is 0.368. The molecule has 0 radical (unpaired) electrons. The molecule has 0 saturated heterocycles. The molecule has 0 saturated carbocycles. The molecule has 2 unspecified atom stereocenters. The van der Waals surface area contributed by atoms with Gasteiger partial charge in [-0.15, -0.1) is 0 Å². The number of nitrogens with one attached hydrogen (secondary N) is 1. The van der Waals surface area contributed by atoms with Crippen LogP contribution in [-0.4, -0.2) is 5.16 Å². The topological polar surface area (TPSA) is 12.0 Å². The first-order chi connectivity index (χ1) is 10.3. The molecule has 2 aromatic rings. The van der Waals surface area contributed by atoms with Crippen LogP contribution < -0.4 is 10.4 Å². The molecule has 22 heavy (non-hydrogen) atoms. The third-order valence-electron chi connectivity index (χ3n) is 4.09. The van der Waals surface area contributed by atoms with Crippen LogP contribution in [0.3, 0.4) is 0 Å². The molecule has 118 valence electrons. The largest absolute Gasteiger partial charge is 0.278 e. The van der Waals surface area contributed by atoms with Crippen LogP contribution in [0.2, 0.25) is 0 Å². The van der Waals surface area contributed by atoms with Gasteiger partial charge in [0.05, 0.1) is 0 Å². The van der Waals surface area contributed by atoms with Gasteiger partial charge in [0.1, 0.15) is 0 Å². The molecular formula is C19H26NPS. The predicted molar refractivity (Wildman–Crippen MR) is 103 cm³/mol. The SMILES string of the molecule is Cc1ccccc1C(C)NP(=S)(c1ccccc1)C(C)(C)C. The van der Waals surface area contributed by atoms with Gasteiger partial charge in [0, 0.05) is 17.4 Å². The molecule has 0 amide bonds. The van der Waals surface area contributed by atoms with E-state index in [1.807, 2.05) is 0 Å². The number of hydrogen-bond donors (Lipinski definition) is 1. The van der Waals surface area contributed by atoms with Crippen molar-refractivity contribution in [2.24, 2.45) is 0 Å². The first-order valence-corrected chi connectivity index (χ1v) is 10.5. The number of rotatable bonds is 4. The van der Waals surface area contributed by atoms with Gasteiger partial charge in [-0.3, -0.25) is 5.09 Å². The van der Waals surface area contributed by atoms with Gasteiger partial charge in [-0.1, -0.05) is 87.2 Å². The lowest BCUT2D eigenvalue weighted by molar-refractivity contribution is 0.700. The Morgan fingerprint density at radius 1 is 0.955 bits per heavy atom. The molecule has 0 aliphatic carbocycles. The van der Waals surface area contributed by atoms with Gasteiger partial charge in [-0.2, -0.15) is 0 Å². The van der Waals surface area contributed by atoms with Gasteiger partial charge in [0.15, 0.2) is 0 Å². The average Bonchev–Trinajstić information content (AvgIpc) is 2.47. The minimum atomic E-state index is -1.91. The normalized spacial score (nSPS) is 16.0. The van der Waals surface area contributed by atoms with Gasteiger partial charge in [-0.05, 0) is 30.3 Å². The summed E-state index contributed by atoms with van der Waals surface area (Å²) in [6, 6.07) is 19.4. The summed E-state index contributed by atoms with van der Waals surface area (Å²) >= 11 is 6.23. The molecule has 3 heteroatoms. The van der Waals surface area contributed by atoms with E-state index in [4.69, 9.17) is 11.8 Å². The highest BCUT2D eigenvalue weighted by Crippen LogP contribution is 2.55. The summed E-state index contributed by atoms with van der Waals surface area (Å²) < 4.78 is 0. The predicted octanol–water partition coefficient (Wildman–Crippen LogP) is 5.16. The lowest BCUT2D eigenvalue weighted by Gasteiger charge is -2.39. The summed E-state index contributed by atoms with van der Waals surface area (Å²) in [5, 5.41) is 5.12. The van der Waals surface area contributed by atoms with Crippen LogP contribution in [0.4, 0.5) is 0 Å². The van der Waals surface area contributed by atoms with Crippen molar-refractivity contribution in [1.82, 2.24) is 5.09 Å². The van der Waals surface area contributed by atoms with Crippen molar-refractivity contribution in [2.75, 3.05) is 0 Å². The molecule has 0 bridgehead atoms. The van der Waals surface area contributed by atoms with E-state index in [-0.39, 0.29) is 11.2 Å². The highest BCUT2D eigenvalue weighted by molar-refractivity contribution is 8.18. The summed E-state index contributed by atoms with van der Waals surface area (Å²) in [7, 11) is 0. The zero-order valence-corrected chi connectivity index (χ0v) is 15.8. The van der Waals surface area contributed by atoms with Crippen molar-refractivity contribution >= 4 is 23.3 Å². The van der Waals surface area contributed by atoms with Crippen molar-refractivity contribution in [1.29, 1.82) is 0 Å². The molecule has 2 aromatic carbocycles. The molecule has 0 spiro atoms. The van der Waals surface area contributed by atoms with Crippen molar-refractivity contribution < 1.29 is 0 Å². The second-order valence-corrected chi connectivity index (χ2v) is 11.8. The molecule has 0 heterocycles. The summed E-state index contributed by atoms with van der Waals surface area (Å²) in [6.07, 6.45) is -1.91. The Kier molecular flexibility index (Phi) is 5.27. The lowest BCUT2D eigenvalue weighted by atomic mass is 10.0. The minimum Gasteiger partial charge on any atom is -0.278 e. The maximum atomic E-state index is 6.23. The molecule has 2 atom stereocenters. The molecule has 0 aromatic heterocycles. The minimum absolute atomic E-state index is 0.0284. The molecule has 2 rings (SSSR count). The van der Waals surface area contributed by atoms with Gasteiger partial charge < -0.3 is 0 Å². The van der Waals surface area contributed by atoms with Crippen LogP contribution in [0.5, 0.6) is 0 Å². The number of hydrogen-bond acceptors (Lipinski definition) is 1. The maximum Gasteiger partial charge on any atom is 0.0460 e. The van der Waals surface area contributed by atoms with E-state index in [9.17, 15) is 0 Å². The Bertz CT molecular complexity index is 673. The monoisotopic (exact) mass is 331 g/mol. The Balaban J connectivity index is 2.41. The van der Waals surface area contributed by atoms with Crippen LogP contribution in [-0.2, 0) is 11.8 Å². The van der Waals surface area contributed by atoms with E-state index < -0.39 is 6.19 Å². The zero-order chi connectivity index (χ0) is 16.4. The van der Waals surface area contributed by atoms with Crippen molar-refractivity contribution in [3.8, 4) is 0 Å². The molecule has 1 N–H and O–H groups in total. The molecule has 0 aliphatic heterocycles. The van der Waals surface area contributed by atoms with Gasteiger partial charge in [0.2, 0.25) is 0 Å². The van der Waals surface area contributed by atoms with Crippen LogP contribution in [0.15, 0.2) is 54.6 Å². The first kappa shape index (κ1) is 17.4. The Labute approximate surface area is 140 Å². The molecule has 1 nitrogen and oxygen atoms in total. The fourth-order valence-electron chi connectivity index (χ4n) is 2.71. The van der Waals surface area contributed by atoms with Gasteiger partial charge >= 0.3 is 0 Å². The fourth-order valence-corrected chi connectivity index (χ4v) is 6.14. The van der Waals surface area contributed by atoms with Crippen LogP contribution in [0, 0.1) is 6.92 Å². The molecule has 0 aliphatic rings. The third-order valence-corrected chi connectivity index (χ3v) is 10.4. The smallest absolute Gasteiger partial charge is 0.0460 e. The van der Waals surface area contributed by atoms with E-state index in [0.717, 1.165) is 0 Å². The second-order valence-electron chi connectivity index (χ2n) is 6.82. The average molecular weight is 331 g/mol. The van der Waals surface area contributed by atoms with Crippen LogP contribution >= 0.6 is 6.19 Å². The Morgan fingerprint density at radius 2 is 1.50 bits per heavy atom. The Hall–Kier alpha value is -0.950.